The summed E-state index contributed by atoms with van der Waals surface area (Å²) in [6.07, 6.45) is 1.44. The van der Waals surface area contributed by atoms with Gasteiger partial charge in [-0.25, -0.2) is 4.89 Å². The van der Waals surface area contributed by atoms with Crippen molar-refractivity contribution in [3.63, 3.8) is 0 Å². The third-order valence-corrected chi connectivity index (χ3v) is 10.0. The minimum Gasteiger partial charge on any atom is -0.487 e. The van der Waals surface area contributed by atoms with Gasteiger partial charge in [0.15, 0.2) is 5.60 Å². The zero-order valence-corrected chi connectivity index (χ0v) is 20.7. The van der Waals surface area contributed by atoms with E-state index in [0.29, 0.717) is 18.1 Å². The van der Waals surface area contributed by atoms with E-state index in [2.05, 4.69) is 0 Å². The molecule has 7 nitrogen and oxygen atoms in total. The summed E-state index contributed by atoms with van der Waals surface area (Å²) in [4.78, 5) is 11.8. The minimum absolute atomic E-state index is 0.138. The average molecular weight is 495 g/mol. The molecule has 1 aromatic rings. The number of aliphatic hydroxyl groups is 3. The van der Waals surface area contributed by atoms with E-state index >= 15 is 0 Å². The first-order chi connectivity index (χ1) is 16.1. The normalized spacial score (nSPS) is 51.5. The number of alkyl halides is 1. The molecule has 8 heteroatoms. The Morgan fingerprint density at radius 1 is 0.971 bits per heavy atom. The van der Waals surface area contributed by atoms with Crippen LogP contribution in [0.2, 0.25) is 0 Å². The van der Waals surface area contributed by atoms with Crippen LogP contribution in [0.1, 0.15) is 56.6 Å². The molecule has 8 unspecified atom stereocenters. The van der Waals surface area contributed by atoms with Crippen molar-refractivity contribution in [3.8, 4) is 5.75 Å². The van der Waals surface area contributed by atoms with Crippen LogP contribution >= 0.6 is 11.6 Å². The Morgan fingerprint density at radius 2 is 1.68 bits per heavy atom. The summed E-state index contributed by atoms with van der Waals surface area (Å²) in [6.45, 7) is 3.79. The molecule has 0 amide bonds. The third kappa shape index (κ3) is 3.04. The lowest BCUT2D eigenvalue weighted by Gasteiger charge is -2.70. The monoisotopic (exact) mass is 494 g/mol. The molecule has 5 saturated carbocycles. The molecule has 0 radical (unpaired) electrons. The fourth-order valence-corrected chi connectivity index (χ4v) is 8.55. The maximum Gasteiger partial charge on any atom is 0.260 e. The minimum atomic E-state index is -1.25. The van der Waals surface area contributed by atoms with E-state index in [-0.39, 0.29) is 22.6 Å². The highest BCUT2D eigenvalue weighted by Crippen LogP contribution is 2.71. The smallest absolute Gasteiger partial charge is 0.260 e. The predicted octanol–water partition coefficient (Wildman–Crippen LogP) is 3.18. The van der Waals surface area contributed by atoms with Crippen LogP contribution in [0, 0.1) is 30.6 Å². The van der Waals surface area contributed by atoms with E-state index < -0.39 is 35.8 Å². The molecule has 1 heterocycles. The second-order valence-corrected chi connectivity index (χ2v) is 12.4. The first kappa shape index (κ1) is 23.5. The van der Waals surface area contributed by atoms with Gasteiger partial charge in [-0.2, -0.15) is 4.89 Å². The summed E-state index contributed by atoms with van der Waals surface area (Å²) in [5.74, 6) is 0.495. The van der Waals surface area contributed by atoms with Crippen molar-refractivity contribution in [3.05, 3.63) is 29.3 Å². The summed E-state index contributed by atoms with van der Waals surface area (Å²) in [5.41, 5.74) is 1.13. The van der Waals surface area contributed by atoms with Crippen LogP contribution in [0.25, 0.3) is 0 Å². The molecule has 0 aromatic heterocycles. The van der Waals surface area contributed by atoms with E-state index in [9.17, 15) is 15.3 Å². The van der Waals surface area contributed by atoms with E-state index in [4.69, 9.17) is 30.8 Å². The Labute approximate surface area is 205 Å². The fourth-order valence-electron chi connectivity index (χ4n) is 7.96. The van der Waals surface area contributed by atoms with Crippen LogP contribution in [-0.2, 0) is 20.3 Å². The predicted molar refractivity (Wildman–Crippen MR) is 123 cm³/mol. The number of aryl methyl sites for hydroxylation is 1. The van der Waals surface area contributed by atoms with Gasteiger partial charge in [-0.1, -0.05) is 19.1 Å². The van der Waals surface area contributed by atoms with Gasteiger partial charge in [0.05, 0.1) is 6.10 Å². The molecule has 4 bridgehead atoms. The molecule has 1 aromatic carbocycles. The molecule has 8 atom stereocenters. The highest BCUT2D eigenvalue weighted by atomic mass is 35.5. The first-order valence-electron chi connectivity index (χ1n) is 12.6. The van der Waals surface area contributed by atoms with Crippen molar-refractivity contribution < 1.29 is 34.6 Å². The molecule has 1 spiro atoms. The zero-order valence-electron chi connectivity index (χ0n) is 19.9. The maximum atomic E-state index is 10.6. The Kier molecular flexibility index (Phi) is 5.37. The molecule has 5 aliphatic carbocycles. The highest BCUT2D eigenvalue weighted by molar-refractivity contribution is 6.24. The SMILES string of the molecule is COC1(c2ccc(C)c(OC3CC(C)C(O)C(O)C3O)c2)OOC12C1CC3CC2CC(Cl)(C3)C1. The Hall–Kier alpha value is -0.930. The van der Waals surface area contributed by atoms with Crippen molar-refractivity contribution in [2.45, 2.75) is 93.1 Å². The fraction of sp³-hybridized carbons (Fsp3) is 0.769. The van der Waals surface area contributed by atoms with Gasteiger partial charge >= 0.3 is 0 Å². The van der Waals surface area contributed by atoms with Crippen molar-refractivity contribution in [2.24, 2.45) is 23.7 Å². The lowest BCUT2D eigenvalue weighted by molar-refractivity contribution is -0.645. The topological polar surface area (TPSA) is 97.6 Å². The Bertz CT molecular complexity index is 950. The quantitative estimate of drug-likeness (QED) is 0.437. The summed E-state index contributed by atoms with van der Waals surface area (Å²) < 4.78 is 12.4. The molecule has 7 rings (SSSR count). The number of methoxy groups -OCH3 is 1. The second-order valence-electron chi connectivity index (χ2n) is 11.6. The Morgan fingerprint density at radius 3 is 2.26 bits per heavy atom. The van der Waals surface area contributed by atoms with Gasteiger partial charge < -0.3 is 24.8 Å². The lowest BCUT2D eigenvalue weighted by atomic mass is 9.46. The van der Waals surface area contributed by atoms with E-state index in [0.717, 1.165) is 43.2 Å². The Balaban J connectivity index is 1.33. The second kappa shape index (κ2) is 7.78. The summed E-state index contributed by atoms with van der Waals surface area (Å²) in [6, 6.07) is 5.87. The largest absolute Gasteiger partial charge is 0.487 e. The molecule has 6 fully saturated rings. The van der Waals surface area contributed by atoms with Crippen LogP contribution in [0.3, 0.4) is 0 Å². The molecule has 1 saturated heterocycles. The van der Waals surface area contributed by atoms with Crippen LogP contribution in [0.15, 0.2) is 18.2 Å². The standard InChI is InChI=1S/C26H35ClO7/c1-13-4-5-16(9-19(13)32-20-6-14(2)21(28)23(30)22(20)29)26(31-3)25(33-34-26)17-7-15-8-18(25)12-24(27,10-15)11-17/h4-5,9,14-15,17-18,20-23,28-30H,6-8,10-12H2,1-3H3. The number of hydrogen-bond donors (Lipinski definition) is 3. The van der Waals surface area contributed by atoms with Crippen molar-refractivity contribution in [1.29, 1.82) is 0 Å². The first-order valence-corrected chi connectivity index (χ1v) is 12.9. The van der Waals surface area contributed by atoms with Crippen LogP contribution in [-0.4, -0.2) is 57.3 Å². The van der Waals surface area contributed by atoms with Crippen LogP contribution < -0.4 is 4.74 Å². The summed E-state index contributed by atoms with van der Waals surface area (Å²) in [5, 5.41) is 30.9. The van der Waals surface area contributed by atoms with E-state index in [1.54, 1.807) is 7.11 Å². The maximum absolute atomic E-state index is 10.6. The van der Waals surface area contributed by atoms with Gasteiger partial charge in [-0.15, -0.1) is 11.6 Å². The van der Waals surface area contributed by atoms with E-state index in [1.807, 2.05) is 32.0 Å². The van der Waals surface area contributed by atoms with Crippen LogP contribution in [0.5, 0.6) is 5.75 Å². The lowest BCUT2D eigenvalue weighted by Crippen LogP contribution is -2.78. The zero-order chi connectivity index (χ0) is 24.0. The number of halogens is 1. The number of benzene rings is 1. The van der Waals surface area contributed by atoms with Crippen molar-refractivity contribution in [2.75, 3.05) is 7.11 Å². The molecular weight excluding hydrogens is 460 g/mol. The van der Waals surface area contributed by atoms with Crippen molar-refractivity contribution in [1.82, 2.24) is 0 Å². The third-order valence-electron chi connectivity index (χ3n) is 9.54. The van der Waals surface area contributed by atoms with Gasteiger partial charge in [0.1, 0.15) is 24.1 Å². The highest BCUT2D eigenvalue weighted by Gasteiger charge is 2.78. The van der Waals surface area contributed by atoms with Gasteiger partial charge in [-0.05, 0) is 80.8 Å². The summed E-state index contributed by atoms with van der Waals surface area (Å²) in [7, 11) is 1.66. The number of aliphatic hydroxyl groups excluding tert-OH is 3. The molecule has 1 aliphatic heterocycles. The number of rotatable bonds is 4. The van der Waals surface area contributed by atoms with Gasteiger partial charge in [0.25, 0.3) is 5.79 Å². The number of hydrogen-bond acceptors (Lipinski definition) is 7. The molecule has 6 aliphatic rings. The van der Waals surface area contributed by atoms with Crippen LogP contribution in [0.4, 0.5) is 0 Å². The van der Waals surface area contributed by atoms with Crippen molar-refractivity contribution >= 4 is 11.6 Å². The number of ether oxygens (including phenoxy) is 2. The summed E-state index contributed by atoms with van der Waals surface area (Å²) >= 11 is 7.00. The van der Waals surface area contributed by atoms with Gasteiger partial charge in [0, 0.05) is 17.5 Å². The van der Waals surface area contributed by atoms with E-state index in [1.165, 1.54) is 0 Å². The molecule has 188 valence electrons. The van der Waals surface area contributed by atoms with Gasteiger partial charge in [0.2, 0.25) is 0 Å². The average Bonchev–Trinajstić information content (AvgIpc) is 2.76. The molecule has 34 heavy (non-hydrogen) atoms. The molecular formula is C26H35ClO7. The molecule has 3 N–H and O–H groups in total. The van der Waals surface area contributed by atoms with Gasteiger partial charge in [-0.3, -0.25) is 0 Å².